The number of hydrogen-bond acceptors (Lipinski definition) is 5. The molecule has 0 radical (unpaired) electrons. The summed E-state index contributed by atoms with van der Waals surface area (Å²) in [6.45, 7) is 5.61. The first-order chi connectivity index (χ1) is 13.0. The molecule has 136 valence electrons. The molecule has 2 aromatic rings. The van der Waals surface area contributed by atoms with Crippen molar-refractivity contribution in [2.24, 2.45) is 5.10 Å². The molecule has 0 saturated carbocycles. The molecule has 8 nitrogen and oxygen atoms in total. The second-order valence-electron chi connectivity index (χ2n) is 5.77. The molecule has 0 saturated heterocycles. The molecule has 1 heterocycles. The Hall–Kier alpha value is -3.94. The first-order valence-corrected chi connectivity index (χ1v) is 8.09. The first kappa shape index (κ1) is 17.9. The lowest BCUT2D eigenvalue weighted by atomic mass is 10.1. The zero-order valence-electron chi connectivity index (χ0n) is 14.6. The second kappa shape index (κ2) is 7.52. The fourth-order valence-electron chi connectivity index (χ4n) is 2.51. The van der Waals surface area contributed by atoms with Gasteiger partial charge in [0.15, 0.2) is 0 Å². The quantitative estimate of drug-likeness (QED) is 0.541. The lowest BCUT2D eigenvalue weighted by Gasteiger charge is -2.12. The van der Waals surface area contributed by atoms with E-state index in [4.69, 9.17) is 5.21 Å². The van der Waals surface area contributed by atoms with Gasteiger partial charge in [-0.1, -0.05) is 36.9 Å². The third-order valence-electron chi connectivity index (χ3n) is 3.92. The van der Waals surface area contributed by atoms with Crippen molar-refractivity contribution < 1.29 is 14.9 Å². The molecule has 8 heteroatoms. The maximum Gasteiger partial charge on any atom is 0.317 e. The molecule has 0 bridgehead atoms. The van der Waals surface area contributed by atoms with Crippen LogP contribution in [-0.2, 0) is 4.79 Å². The normalized spacial score (nSPS) is 14.9. The van der Waals surface area contributed by atoms with Crippen molar-refractivity contribution in [3.8, 4) is 0 Å². The molecule has 3 N–H and O–H groups in total. The third kappa shape index (κ3) is 3.84. The Labute approximate surface area is 155 Å². The fourth-order valence-corrected chi connectivity index (χ4v) is 2.51. The van der Waals surface area contributed by atoms with Gasteiger partial charge in [-0.05, 0) is 19.1 Å². The number of hydrogen-bond donors (Lipinski definition) is 3. The summed E-state index contributed by atoms with van der Waals surface area (Å²) in [5, 5.41) is 14.6. The summed E-state index contributed by atoms with van der Waals surface area (Å²) < 4.78 is 0. The van der Waals surface area contributed by atoms with E-state index in [0.29, 0.717) is 28.2 Å². The highest BCUT2D eigenvalue weighted by molar-refractivity contribution is 6.29. The second-order valence-corrected chi connectivity index (χ2v) is 5.77. The molecular formula is C19H18N5O3+. The highest BCUT2D eigenvalue weighted by Crippen LogP contribution is 2.22. The molecule has 27 heavy (non-hydrogen) atoms. The molecule has 0 unspecified atom stereocenters. The zero-order chi connectivity index (χ0) is 19.4. The average molecular weight is 364 g/mol. The molecule has 0 aromatic heterocycles. The van der Waals surface area contributed by atoms with Crippen LogP contribution >= 0.6 is 0 Å². The standard InChI is InChI=1S/C19H17N5O3/c1-13(15-7-6-10-17(11-15)24(26)27)21-20-12-18-14(2)22-23(19(18)25)16-8-4-3-5-9-16/h3-12,21H,1H2,2H3,(H-,20,22,25,26,27)/p+1. The largest absolute Gasteiger partial charge is 0.317 e. The molecule has 0 fully saturated rings. The van der Waals surface area contributed by atoms with Crippen molar-refractivity contribution in [3.63, 3.8) is 0 Å². The third-order valence-corrected chi connectivity index (χ3v) is 3.92. The van der Waals surface area contributed by atoms with E-state index in [0.717, 1.165) is 0 Å². The minimum absolute atomic E-state index is 0.0845. The highest BCUT2D eigenvalue weighted by atomic mass is 16.6. The van der Waals surface area contributed by atoms with Crippen LogP contribution in [0.2, 0.25) is 0 Å². The van der Waals surface area contributed by atoms with E-state index in [1.807, 2.05) is 18.2 Å². The smallest absolute Gasteiger partial charge is 0.307 e. The summed E-state index contributed by atoms with van der Waals surface area (Å²) >= 11 is 0. The van der Waals surface area contributed by atoms with Crippen molar-refractivity contribution >= 4 is 28.7 Å². The van der Waals surface area contributed by atoms with Gasteiger partial charge in [-0.25, -0.2) is 5.21 Å². The number of nitrogens with one attached hydrogen (secondary N) is 2. The van der Waals surface area contributed by atoms with Crippen LogP contribution in [0.4, 0.5) is 11.4 Å². The van der Waals surface area contributed by atoms with Crippen LogP contribution in [0.5, 0.6) is 0 Å². The Morgan fingerprint density at radius 2 is 1.96 bits per heavy atom. The number of anilines is 1. The SMILES string of the molecule is C=C(NN/C=C1\C(=O)N(c2ccccc2)N=C1C)c1cccc([N+](=O)O)c1. The summed E-state index contributed by atoms with van der Waals surface area (Å²) in [5.74, 6) is -0.247. The van der Waals surface area contributed by atoms with E-state index in [-0.39, 0.29) is 16.5 Å². The molecule has 0 atom stereocenters. The van der Waals surface area contributed by atoms with Crippen LogP contribution in [-0.4, -0.2) is 21.7 Å². The summed E-state index contributed by atoms with van der Waals surface area (Å²) in [5.41, 5.74) is 8.46. The topological polar surface area (TPSA) is 97.0 Å². The number of benzene rings is 2. The minimum Gasteiger partial charge on any atom is -0.307 e. The molecule has 1 amide bonds. The van der Waals surface area contributed by atoms with Crippen LogP contribution in [0, 0.1) is 4.91 Å². The number of carbonyl (C=O) groups excluding carboxylic acids is 1. The predicted octanol–water partition coefficient (Wildman–Crippen LogP) is 2.86. The van der Waals surface area contributed by atoms with Gasteiger partial charge in [0, 0.05) is 23.9 Å². The molecular weight excluding hydrogens is 346 g/mol. The summed E-state index contributed by atoms with van der Waals surface area (Å²) in [4.78, 5) is 23.3. The summed E-state index contributed by atoms with van der Waals surface area (Å²) in [6.07, 6.45) is 1.51. The Morgan fingerprint density at radius 3 is 2.67 bits per heavy atom. The fraction of sp³-hybridized carbons (Fsp3) is 0.0526. The Bertz CT molecular complexity index is 966. The summed E-state index contributed by atoms with van der Waals surface area (Å²) in [7, 11) is 0. The van der Waals surface area contributed by atoms with Gasteiger partial charge in [-0.15, -0.1) is 0 Å². The van der Waals surface area contributed by atoms with Gasteiger partial charge in [0.1, 0.15) is 0 Å². The number of hydrazone groups is 1. The maximum absolute atomic E-state index is 12.6. The minimum atomic E-state index is -0.247. The highest BCUT2D eigenvalue weighted by Gasteiger charge is 2.28. The molecule has 1 aliphatic rings. The van der Waals surface area contributed by atoms with Crippen LogP contribution in [0.25, 0.3) is 5.70 Å². The first-order valence-electron chi connectivity index (χ1n) is 8.09. The number of hydrazine groups is 1. The van der Waals surface area contributed by atoms with E-state index in [1.54, 1.807) is 31.2 Å². The van der Waals surface area contributed by atoms with Gasteiger partial charge in [0.2, 0.25) is 0 Å². The van der Waals surface area contributed by atoms with E-state index in [2.05, 4.69) is 22.5 Å². The number of para-hydroxylation sites is 1. The van der Waals surface area contributed by atoms with Crippen LogP contribution in [0.1, 0.15) is 12.5 Å². The van der Waals surface area contributed by atoms with Crippen LogP contribution < -0.4 is 15.9 Å². The van der Waals surface area contributed by atoms with Gasteiger partial charge < -0.3 is 10.9 Å². The lowest BCUT2D eigenvalue weighted by Crippen LogP contribution is -2.28. The lowest BCUT2D eigenvalue weighted by molar-refractivity contribution is -0.729. The van der Waals surface area contributed by atoms with E-state index < -0.39 is 0 Å². The maximum atomic E-state index is 12.6. The molecule has 1 aliphatic heterocycles. The molecule has 0 aliphatic carbocycles. The average Bonchev–Trinajstić information content (AvgIpc) is 2.97. The van der Waals surface area contributed by atoms with E-state index >= 15 is 0 Å². The monoisotopic (exact) mass is 364 g/mol. The van der Waals surface area contributed by atoms with Gasteiger partial charge in [-0.2, -0.15) is 10.1 Å². The summed E-state index contributed by atoms with van der Waals surface area (Å²) in [6, 6.07) is 15.4. The Balaban J connectivity index is 1.67. The number of carbonyl (C=O) groups is 1. The van der Waals surface area contributed by atoms with Crippen molar-refractivity contribution in [2.75, 3.05) is 5.01 Å². The van der Waals surface area contributed by atoms with Gasteiger partial charge >= 0.3 is 5.69 Å². The zero-order valence-corrected chi connectivity index (χ0v) is 14.6. The van der Waals surface area contributed by atoms with Gasteiger partial charge in [0.05, 0.1) is 27.6 Å². The van der Waals surface area contributed by atoms with Crippen LogP contribution in [0.15, 0.2) is 78.1 Å². The Morgan fingerprint density at radius 1 is 1.22 bits per heavy atom. The van der Waals surface area contributed by atoms with E-state index in [9.17, 15) is 9.70 Å². The predicted molar refractivity (Wildman–Crippen MR) is 102 cm³/mol. The van der Waals surface area contributed by atoms with Crippen molar-refractivity contribution in [1.82, 2.24) is 10.9 Å². The Kier molecular flexibility index (Phi) is 4.98. The van der Waals surface area contributed by atoms with Crippen LogP contribution in [0.3, 0.4) is 0 Å². The number of nitrogens with zero attached hydrogens (tertiary/aromatic N) is 3. The number of rotatable bonds is 6. The van der Waals surface area contributed by atoms with Crippen molar-refractivity contribution in [1.29, 1.82) is 0 Å². The van der Waals surface area contributed by atoms with E-state index in [1.165, 1.54) is 23.3 Å². The number of amides is 1. The van der Waals surface area contributed by atoms with Crippen molar-refractivity contribution in [3.05, 3.63) is 83.4 Å². The van der Waals surface area contributed by atoms with Gasteiger partial charge in [0.25, 0.3) is 10.8 Å². The molecule has 0 spiro atoms. The molecule has 3 rings (SSSR count). The van der Waals surface area contributed by atoms with Crippen molar-refractivity contribution in [2.45, 2.75) is 6.92 Å². The molecule has 2 aromatic carbocycles. The van der Waals surface area contributed by atoms with Gasteiger partial charge in [-0.3, -0.25) is 4.79 Å².